The van der Waals surface area contributed by atoms with Crippen LogP contribution >= 0.6 is 0 Å². The average Bonchev–Trinajstić information content (AvgIpc) is 2.15. The fourth-order valence-corrected chi connectivity index (χ4v) is 0.489. The molecule has 0 aliphatic carbocycles. The van der Waals surface area contributed by atoms with E-state index in [0.717, 1.165) is 0 Å². The van der Waals surface area contributed by atoms with Crippen molar-refractivity contribution in [1.29, 1.82) is 0 Å². The predicted molar refractivity (Wildman–Crippen MR) is 60.9 cm³/mol. The van der Waals surface area contributed by atoms with Gasteiger partial charge in [0.2, 0.25) is 18.6 Å². The lowest BCUT2D eigenvalue weighted by Crippen LogP contribution is -2.34. The Hall–Kier alpha value is -2.12. The van der Waals surface area contributed by atoms with Crippen LogP contribution in [-0.2, 0) is 28.7 Å². The number of hydrogen-bond acceptors (Lipinski definition) is 6. The van der Waals surface area contributed by atoms with Crippen LogP contribution < -0.4 is 10.6 Å². The maximum Gasteiger partial charge on any atom is 0.305 e. The van der Waals surface area contributed by atoms with Crippen LogP contribution in [-0.4, -0.2) is 37.2 Å². The maximum absolute atomic E-state index is 10.2. The maximum atomic E-state index is 10.2. The van der Waals surface area contributed by atoms with E-state index in [1.165, 1.54) is 27.7 Å². The van der Waals surface area contributed by atoms with Crippen LogP contribution in [0.5, 0.6) is 0 Å². The number of hydrogen-bond donors (Lipinski definition) is 2. The monoisotopic (exact) mass is 262 g/mol. The van der Waals surface area contributed by atoms with Crippen LogP contribution in [0.1, 0.15) is 27.7 Å². The lowest BCUT2D eigenvalue weighted by atomic mass is 10.7. The molecule has 0 radical (unpaired) electrons. The molecule has 0 saturated heterocycles. The van der Waals surface area contributed by atoms with Gasteiger partial charge in [0.05, 0.1) is 6.67 Å². The lowest BCUT2D eigenvalue weighted by Gasteiger charge is -2.00. The van der Waals surface area contributed by atoms with Gasteiger partial charge in [-0.15, -0.1) is 0 Å². The molecule has 104 valence electrons. The van der Waals surface area contributed by atoms with Crippen LogP contribution in [0.2, 0.25) is 0 Å². The summed E-state index contributed by atoms with van der Waals surface area (Å²) < 4.78 is 8.54. The number of amides is 2. The molecular formula is C10H18N2O6. The van der Waals surface area contributed by atoms with Crippen molar-refractivity contribution >= 4 is 23.8 Å². The summed E-state index contributed by atoms with van der Waals surface area (Å²) >= 11 is 0. The second-order valence-electron chi connectivity index (χ2n) is 3.03. The van der Waals surface area contributed by atoms with Crippen molar-refractivity contribution in [3.8, 4) is 0 Å². The van der Waals surface area contributed by atoms with E-state index in [0.29, 0.717) is 0 Å². The minimum Gasteiger partial charge on any atom is -0.428 e. The summed E-state index contributed by atoms with van der Waals surface area (Å²) in [5.74, 6) is -1.22. The van der Waals surface area contributed by atoms with Crippen molar-refractivity contribution in [1.82, 2.24) is 10.6 Å². The summed E-state index contributed by atoms with van der Waals surface area (Å²) in [6.45, 7) is 5.19. The SMILES string of the molecule is CC(=O)NCNC(C)=O.CC(=O)OCOC(C)=O. The van der Waals surface area contributed by atoms with Gasteiger partial charge in [-0.2, -0.15) is 0 Å². The van der Waals surface area contributed by atoms with Gasteiger partial charge in [0, 0.05) is 27.7 Å². The van der Waals surface area contributed by atoms with Gasteiger partial charge in [-0.05, 0) is 0 Å². The quantitative estimate of drug-likeness (QED) is 0.511. The van der Waals surface area contributed by atoms with E-state index in [2.05, 4.69) is 20.1 Å². The van der Waals surface area contributed by atoms with Gasteiger partial charge in [-0.3, -0.25) is 19.2 Å². The van der Waals surface area contributed by atoms with Crippen LogP contribution in [0, 0.1) is 0 Å². The van der Waals surface area contributed by atoms with Gasteiger partial charge in [0.15, 0.2) is 0 Å². The van der Waals surface area contributed by atoms with Crippen LogP contribution in [0.4, 0.5) is 0 Å². The molecule has 0 aromatic rings. The second-order valence-corrected chi connectivity index (χ2v) is 3.03. The molecule has 2 N–H and O–H groups in total. The molecule has 0 heterocycles. The molecule has 0 aliphatic heterocycles. The fraction of sp³-hybridized carbons (Fsp3) is 0.600. The highest BCUT2D eigenvalue weighted by molar-refractivity contribution is 5.75. The highest BCUT2D eigenvalue weighted by Gasteiger charge is 1.93. The van der Waals surface area contributed by atoms with E-state index in [1.807, 2.05) is 0 Å². The Labute approximate surface area is 105 Å². The van der Waals surface area contributed by atoms with Gasteiger partial charge in [-0.1, -0.05) is 0 Å². The molecule has 0 rings (SSSR count). The van der Waals surface area contributed by atoms with Crippen molar-refractivity contribution < 1.29 is 28.7 Å². The number of rotatable bonds is 4. The largest absolute Gasteiger partial charge is 0.428 e. The predicted octanol–water partition coefficient (Wildman–Crippen LogP) is -0.714. The minimum atomic E-state index is -0.462. The molecule has 8 nitrogen and oxygen atoms in total. The molecule has 0 atom stereocenters. The molecule has 0 spiro atoms. The molecule has 0 bridgehead atoms. The normalized spacial score (nSPS) is 8.22. The van der Waals surface area contributed by atoms with Crippen molar-refractivity contribution in [3.05, 3.63) is 0 Å². The Balaban J connectivity index is 0. The summed E-state index contributed by atoms with van der Waals surface area (Å²) in [6.07, 6.45) is 0. The first-order chi connectivity index (χ1) is 8.25. The number of esters is 2. The van der Waals surface area contributed by atoms with E-state index in [1.54, 1.807) is 0 Å². The molecule has 0 unspecified atom stereocenters. The van der Waals surface area contributed by atoms with E-state index in [9.17, 15) is 19.2 Å². The van der Waals surface area contributed by atoms with Crippen LogP contribution in [0.3, 0.4) is 0 Å². The summed E-state index contributed by atoms with van der Waals surface area (Å²) in [7, 11) is 0. The molecule has 0 aliphatic rings. The lowest BCUT2D eigenvalue weighted by molar-refractivity contribution is -0.164. The first-order valence-corrected chi connectivity index (χ1v) is 5.01. The zero-order chi connectivity index (χ0) is 14.6. The minimum absolute atomic E-state index is 0.149. The van der Waals surface area contributed by atoms with E-state index >= 15 is 0 Å². The highest BCUT2D eigenvalue weighted by atomic mass is 16.7. The molecule has 0 aromatic carbocycles. The zero-order valence-corrected chi connectivity index (χ0v) is 10.9. The Morgan fingerprint density at radius 2 is 1.11 bits per heavy atom. The van der Waals surface area contributed by atoms with E-state index in [4.69, 9.17) is 0 Å². The Morgan fingerprint density at radius 3 is 1.33 bits per heavy atom. The molecule has 18 heavy (non-hydrogen) atoms. The van der Waals surface area contributed by atoms with Crippen molar-refractivity contribution in [2.75, 3.05) is 13.5 Å². The van der Waals surface area contributed by atoms with Crippen molar-refractivity contribution in [2.24, 2.45) is 0 Å². The molecular weight excluding hydrogens is 244 g/mol. The first-order valence-electron chi connectivity index (χ1n) is 5.01. The average molecular weight is 262 g/mol. The number of carbonyl (C=O) groups excluding carboxylic acids is 4. The fourth-order valence-electron chi connectivity index (χ4n) is 0.489. The topological polar surface area (TPSA) is 111 Å². The zero-order valence-electron chi connectivity index (χ0n) is 10.9. The van der Waals surface area contributed by atoms with Gasteiger partial charge in [0.25, 0.3) is 0 Å². The van der Waals surface area contributed by atoms with Gasteiger partial charge >= 0.3 is 11.9 Å². The van der Waals surface area contributed by atoms with Gasteiger partial charge in [0.1, 0.15) is 0 Å². The standard InChI is InChI=1S/C5H10N2O2.C5H8O4/c1-4(8)6-3-7-5(2)9;1-4(6)8-3-9-5(2)7/h3H2,1-2H3,(H,6,8)(H,7,9);3H2,1-2H3. The van der Waals surface area contributed by atoms with Crippen molar-refractivity contribution in [2.45, 2.75) is 27.7 Å². The smallest absolute Gasteiger partial charge is 0.305 e. The van der Waals surface area contributed by atoms with E-state index in [-0.39, 0.29) is 25.3 Å². The third kappa shape index (κ3) is 23.6. The molecule has 0 aromatic heterocycles. The Bertz CT molecular complexity index is 245. The summed E-state index contributed by atoms with van der Waals surface area (Å²) in [4.78, 5) is 40.3. The van der Waals surface area contributed by atoms with Gasteiger partial charge in [-0.25, -0.2) is 0 Å². The van der Waals surface area contributed by atoms with Crippen molar-refractivity contribution in [3.63, 3.8) is 0 Å². The third-order valence-corrected chi connectivity index (χ3v) is 1.20. The van der Waals surface area contributed by atoms with Crippen LogP contribution in [0.25, 0.3) is 0 Å². The third-order valence-electron chi connectivity index (χ3n) is 1.20. The number of nitrogens with one attached hydrogen (secondary N) is 2. The van der Waals surface area contributed by atoms with E-state index < -0.39 is 11.9 Å². The first kappa shape index (κ1) is 18.3. The second kappa shape index (κ2) is 11.4. The number of carbonyl (C=O) groups is 4. The number of ether oxygens (including phenoxy) is 2. The summed E-state index contributed by atoms with van der Waals surface area (Å²) in [5, 5.41) is 4.81. The molecule has 0 fully saturated rings. The molecule has 2 amide bonds. The van der Waals surface area contributed by atoms with Crippen LogP contribution in [0.15, 0.2) is 0 Å². The molecule has 0 saturated carbocycles. The molecule has 8 heteroatoms. The summed E-state index contributed by atoms with van der Waals surface area (Å²) in [6, 6.07) is 0. The van der Waals surface area contributed by atoms with Gasteiger partial charge < -0.3 is 20.1 Å². The highest BCUT2D eigenvalue weighted by Crippen LogP contribution is 1.79. The Kier molecular flexibility index (Phi) is 11.5. The summed E-state index contributed by atoms with van der Waals surface area (Å²) in [5.41, 5.74) is 0. The Morgan fingerprint density at radius 1 is 0.778 bits per heavy atom.